The van der Waals surface area contributed by atoms with E-state index in [1.165, 1.54) is 7.11 Å². The molecule has 1 saturated carbocycles. The van der Waals surface area contributed by atoms with Crippen molar-refractivity contribution in [3.05, 3.63) is 24.3 Å². The van der Waals surface area contributed by atoms with Gasteiger partial charge in [-0.2, -0.15) is 0 Å². The Balaban J connectivity index is 2.54. The number of aliphatic hydroxyl groups excluding tert-OH is 1. The molecular weight excluding hydrogens is 340 g/mol. The number of hydrogen-bond donors (Lipinski definition) is 2. The Morgan fingerprint density at radius 3 is 2.67 bits per heavy atom. The topological polar surface area (TPSA) is 66.8 Å². The van der Waals surface area contributed by atoms with Gasteiger partial charge in [-0.15, -0.1) is 0 Å². The first kappa shape index (κ1) is 23.9. The number of unbranched alkanes of at least 4 members (excludes halogenated alkanes) is 3. The Bertz CT molecular complexity index is 481. The molecule has 0 aromatic rings. The van der Waals surface area contributed by atoms with Crippen LogP contribution in [0.2, 0.25) is 0 Å². The van der Waals surface area contributed by atoms with Gasteiger partial charge in [-0.25, -0.2) is 0 Å². The van der Waals surface area contributed by atoms with Crippen molar-refractivity contribution in [1.29, 1.82) is 0 Å². The Morgan fingerprint density at radius 2 is 2.00 bits per heavy atom. The van der Waals surface area contributed by atoms with Crippen molar-refractivity contribution < 1.29 is 19.7 Å². The third-order valence-corrected chi connectivity index (χ3v) is 5.80. The standard InChI is InChI=1S/C23H40O4/c1-5-6-11-15-23(3,26)16-14-20-19(18(2)17-21(20)24)12-9-7-8-10-13-22(25)27-4/h7,9,14,16,18-21,24,26H,5-6,8,10-13,15,17H2,1-4H3/b9-7-,16-14+/t18-,19-,20+,21+,23-/m0/s1. The van der Waals surface area contributed by atoms with Gasteiger partial charge in [0.25, 0.3) is 0 Å². The number of aliphatic hydroxyl groups is 2. The summed E-state index contributed by atoms with van der Waals surface area (Å²) < 4.78 is 4.64. The highest BCUT2D eigenvalue weighted by Crippen LogP contribution is 2.40. The fourth-order valence-corrected chi connectivity index (χ4v) is 4.01. The van der Waals surface area contributed by atoms with E-state index >= 15 is 0 Å². The van der Waals surface area contributed by atoms with E-state index in [1.54, 1.807) is 0 Å². The molecule has 5 atom stereocenters. The lowest BCUT2D eigenvalue weighted by Gasteiger charge is -2.23. The van der Waals surface area contributed by atoms with Gasteiger partial charge in [0.1, 0.15) is 0 Å². The zero-order valence-electron chi connectivity index (χ0n) is 17.7. The van der Waals surface area contributed by atoms with E-state index in [1.807, 2.05) is 13.0 Å². The maximum atomic E-state index is 11.1. The van der Waals surface area contributed by atoms with Gasteiger partial charge in [-0.3, -0.25) is 4.79 Å². The van der Waals surface area contributed by atoms with Crippen molar-refractivity contribution in [3.63, 3.8) is 0 Å². The molecule has 0 aliphatic heterocycles. The molecule has 0 radical (unpaired) electrons. The summed E-state index contributed by atoms with van der Waals surface area (Å²) in [6.45, 7) is 6.22. The largest absolute Gasteiger partial charge is 0.469 e. The smallest absolute Gasteiger partial charge is 0.305 e. The molecule has 0 heterocycles. The van der Waals surface area contributed by atoms with Crippen LogP contribution in [0.4, 0.5) is 0 Å². The van der Waals surface area contributed by atoms with E-state index < -0.39 is 5.60 Å². The molecule has 0 saturated heterocycles. The fraction of sp³-hybridized carbons (Fsp3) is 0.783. The van der Waals surface area contributed by atoms with Crippen LogP contribution < -0.4 is 0 Å². The van der Waals surface area contributed by atoms with Crippen molar-refractivity contribution in [2.24, 2.45) is 17.8 Å². The molecule has 0 bridgehead atoms. The molecule has 1 fully saturated rings. The molecule has 27 heavy (non-hydrogen) atoms. The first-order valence-corrected chi connectivity index (χ1v) is 10.6. The van der Waals surface area contributed by atoms with Gasteiger partial charge < -0.3 is 14.9 Å². The van der Waals surface area contributed by atoms with E-state index in [9.17, 15) is 15.0 Å². The molecule has 156 valence electrons. The van der Waals surface area contributed by atoms with Crippen LogP contribution in [0.5, 0.6) is 0 Å². The predicted molar refractivity (Wildman–Crippen MR) is 110 cm³/mol. The Hall–Kier alpha value is -1.13. The second-order valence-corrected chi connectivity index (χ2v) is 8.37. The van der Waals surface area contributed by atoms with Crippen LogP contribution in [0.25, 0.3) is 0 Å². The lowest BCUT2D eigenvalue weighted by molar-refractivity contribution is -0.140. The summed E-state index contributed by atoms with van der Waals surface area (Å²) in [7, 11) is 1.42. The molecule has 4 nitrogen and oxygen atoms in total. The molecule has 4 heteroatoms. The Kier molecular flexibility index (Phi) is 10.9. The first-order chi connectivity index (χ1) is 12.8. The lowest BCUT2D eigenvalue weighted by Crippen LogP contribution is -2.23. The normalized spacial score (nSPS) is 28.1. The van der Waals surface area contributed by atoms with Crippen LogP contribution >= 0.6 is 0 Å². The number of carbonyl (C=O) groups excluding carboxylic acids is 1. The summed E-state index contributed by atoms with van der Waals surface area (Å²) in [6, 6.07) is 0. The summed E-state index contributed by atoms with van der Waals surface area (Å²) in [4.78, 5) is 11.1. The quantitative estimate of drug-likeness (QED) is 0.290. The van der Waals surface area contributed by atoms with Crippen LogP contribution in [-0.4, -0.2) is 35.0 Å². The van der Waals surface area contributed by atoms with Crippen molar-refractivity contribution in [3.8, 4) is 0 Å². The summed E-state index contributed by atoms with van der Waals surface area (Å²) in [6.07, 6.45) is 15.9. The van der Waals surface area contributed by atoms with Gasteiger partial charge in [0, 0.05) is 12.3 Å². The minimum atomic E-state index is -0.797. The number of allylic oxidation sites excluding steroid dienone is 2. The van der Waals surface area contributed by atoms with Crippen molar-refractivity contribution in [2.45, 2.75) is 90.3 Å². The van der Waals surface area contributed by atoms with Crippen LogP contribution in [-0.2, 0) is 9.53 Å². The predicted octanol–water partition coefficient (Wildman–Crippen LogP) is 4.80. The average Bonchev–Trinajstić information content (AvgIpc) is 2.89. The molecule has 1 rings (SSSR count). The second-order valence-electron chi connectivity index (χ2n) is 8.37. The SMILES string of the molecule is CCCCC[C@](C)(O)/C=C/[C@@H]1[C@@H](C/C=C\CCCC(=O)OC)[C@@H](C)C[C@H]1O. The highest BCUT2D eigenvalue weighted by Gasteiger charge is 2.38. The maximum absolute atomic E-state index is 11.1. The van der Waals surface area contributed by atoms with E-state index in [0.717, 1.165) is 51.4 Å². The number of ether oxygens (including phenoxy) is 1. The van der Waals surface area contributed by atoms with Gasteiger partial charge in [-0.1, -0.05) is 57.4 Å². The van der Waals surface area contributed by atoms with Gasteiger partial charge in [0.15, 0.2) is 0 Å². The zero-order chi connectivity index (χ0) is 20.3. The Labute approximate surface area is 165 Å². The third kappa shape index (κ3) is 9.07. The van der Waals surface area contributed by atoms with E-state index in [-0.39, 0.29) is 18.0 Å². The molecule has 0 unspecified atom stereocenters. The molecular formula is C23H40O4. The fourth-order valence-electron chi connectivity index (χ4n) is 4.01. The van der Waals surface area contributed by atoms with Crippen molar-refractivity contribution >= 4 is 5.97 Å². The van der Waals surface area contributed by atoms with Gasteiger partial charge >= 0.3 is 5.97 Å². The number of carbonyl (C=O) groups is 1. The van der Waals surface area contributed by atoms with E-state index in [2.05, 4.69) is 36.8 Å². The zero-order valence-corrected chi connectivity index (χ0v) is 17.7. The number of rotatable bonds is 12. The average molecular weight is 381 g/mol. The van der Waals surface area contributed by atoms with Gasteiger partial charge in [0.05, 0.1) is 18.8 Å². The highest BCUT2D eigenvalue weighted by atomic mass is 16.5. The number of esters is 1. The second kappa shape index (κ2) is 12.4. The molecule has 0 spiro atoms. The van der Waals surface area contributed by atoms with Crippen molar-refractivity contribution in [1.82, 2.24) is 0 Å². The van der Waals surface area contributed by atoms with Gasteiger partial charge in [-0.05, 0) is 50.9 Å². The molecule has 2 N–H and O–H groups in total. The Morgan fingerprint density at radius 1 is 1.26 bits per heavy atom. The molecule has 0 amide bonds. The highest BCUT2D eigenvalue weighted by molar-refractivity contribution is 5.69. The summed E-state index contributed by atoms with van der Waals surface area (Å²) in [5.41, 5.74) is -0.797. The monoisotopic (exact) mass is 380 g/mol. The minimum Gasteiger partial charge on any atom is -0.469 e. The lowest BCUT2D eigenvalue weighted by atomic mass is 9.85. The molecule has 0 aromatic heterocycles. The number of methoxy groups -OCH3 is 1. The summed E-state index contributed by atoms with van der Waals surface area (Å²) in [5, 5.41) is 21.0. The van der Waals surface area contributed by atoms with Crippen LogP contribution in [0.3, 0.4) is 0 Å². The van der Waals surface area contributed by atoms with E-state index in [4.69, 9.17) is 0 Å². The maximum Gasteiger partial charge on any atom is 0.305 e. The number of hydrogen-bond acceptors (Lipinski definition) is 4. The summed E-state index contributed by atoms with van der Waals surface area (Å²) >= 11 is 0. The van der Waals surface area contributed by atoms with Gasteiger partial charge in [0.2, 0.25) is 0 Å². The van der Waals surface area contributed by atoms with E-state index in [0.29, 0.717) is 18.3 Å². The summed E-state index contributed by atoms with van der Waals surface area (Å²) in [5.74, 6) is 0.781. The molecule has 1 aliphatic rings. The van der Waals surface area contributed by atoms with Crippen molar-refractivity contribution in [2.75, 3.05) is 7.11 Å². The molecule has 1 aliphatic carbocycles. The molecule has 0 aromatic carbocycles. The van der Waals surface area contributed by atoms with Crippen LogP contribution in [0.1, 0.15) is 78.6 Å². The third-order valence-electron chi connectivity index (χ3n) is 5.80. The van der Waals surface area contributed by atoms with Crippen LogP contribution in [0, 0.1) is 17.8 Å². The van der Waals surface area contributed by atoms with Crippen LogP contribution in [0.15, 0.2) is 24.3 Å². The minimum absolute atomic E-state index is 0.0948. The first-order valence-electron chi connectivity index (χ1n) is 10.6.